The lowest BCUT2D eigenvalue weighted by atomic mass is 10.1. The fraction of sp³-hybridized carbons (Fsp3) is 0.0909. The van der Waals surface area contributed by atoms with Gasteiger partial charge in [-0.05, 0) is 71.8 Å². The second-order valence-corrected chi connectivity index (χ2v) is 8.84. The number of phenolic OH excluding ortho intramolecular Hbond substituents is 2. The number of benzene rings is 2. The van der Waals surface area contributed by atoms with Gasteiger partial charge < -0.3 is 31.2 Å². The number of amides is 2. The normalized spacial score (nSPS) is 10.2. The number of phenols is 2. The maximum absolute atomic E-state index is 11.9. The Balaban J connectivity index is 0.000000315. The molecule has 232 valence electrons. The Kier molecular flexibility index (Phi) is 14.2. The summed E-state index contributed by atoms with van der Waals surface area (Å²) >= 11 is 0. The monoisotopic (exact) mass is 612 g/mol. The SMILES string of the molecule is COc1cc(C=CC(=O)CC(=O)C=Cc2ccc(O)c(OC)c2)ccc1O.NC(=O)c1ccncc1.NC(=O)c1ccncc1. The zero-order valence-corrected chi connectivity index (χ0v) is 24.5. The molecule has 6 N–H and O–H groups in total. The molecule has 0 aliphatic heterocycles. The average molecular weight is 613 g/mol. The molecule has 0 unspecified atom stereocenters. The molecule has 12 nitrogen and oxygen atoms in total. The highest BCUT2D eigenvalue weighted by molar-refractivity contribution is 6.10. The van der Waals surface area contributed by atoms with Crippen molar-refractivity contribution in [2.45, 2.75) is 6.42 Å². The molecule has 4 rings (SSSR count). The van der Waals surface area contributed by atoms with Crippen molar-refractivity contribution in [3.8, 4) is 23.0 Å². The van der Waals surface area contributed by atoms with Gasteiger partial charge in [-0.25, -0.2) is 0 Å². The highest BCUT2D eigenvalue weighted by atomic mass is 16.5. The lowest BCUT2D eigenvalue weighted by Gasteiger charge is -2.03. The molecule has 0 saturated carbocycles. The Labute approximate surface area is 259 Å². The summed E-state index contributed by atoms with van der Waals surface area (Å²) in [6.45, 7) is 0. The minimum Gasteiger partial charge on any atom is -0.504 e. The van der Waals surface area contributed by atoms with Crippen LogP contribution in [0.1, 0.15) is 38.3 Å². The average Bonchev–Trinajstić information content (AvgIpc) is 3.05. The highest BCUT2D eigenvalue weighted by Crippen LogP contribution is 2.27. The van der Waals surface area contributed by atoms with Crippen LogP contribution in [-0.2, 0) is 9.59 Å². The van der Waals surface area contributed by atoms with E-state index < -0.39 is 11.8 Å². The van der Waals surface area contributed by atoms with E-state index in [-0.39, 0.29) is 29.5 Å². The summed E-state index contributed by atoms with van der Waals surface area (Å²) in [7, 11) is 2.87. The van der Waals surface area contributed by atoms with Crippen molar-refractivity contribution < 1.29 is 38.9 Å². The van der Waals surface area contributed by atoms with Gasteiger partial charge in [0.15, 0.2) is 34.6 Å². The number of aromatic hydroxyl groups is 2. The molecule has 2 heterocycles. The van der Waals surface area contributed by atoms with Gasteiger partial charge in [0.2, 0.25) is 11.8 Å². The van der Waals surface area contributed by atoms with E-state index in [0.29, 0.717) is 33.8 Å². The lowest BCUT2D eigenvalue weighted by Crippen LogP contribution is -2.10. The maximum Gasteiger partial charge on any atom is 0.248 e. The van der Waals surface area contributed by atoms with Gasteiger partial charge in [-0.3, -0.25) is 29.1 Å². The van der Waals surface area contributed by atoms with Crippen LogP contribution in [0.2, 0.25) is 0 Å². The molecule has 0 saturated heterocycles. The van der Waals surface area contributed by atoms with Gasteiger partial charge in [0.05, 0.1) is 20.6 Å². The minimum atomic E-state index is -0.419. The summed E-state index contributed by atoms with van der Waals surface area (Å²) in [4.78, 5) is 52.1. The number of nitrogens with two attached hydrogens (primary N) is 2. The van der Waals surface area contributed by atoms with Gasteiger partial charge in [-0.2, -0.15) is 0 Å². The van der Waals surface area contributed by atoms with Gasteiger partial charge in [-0.15, -0.1) is 0 Å². The molecule has 45 heavy (non-hydrogen) atoms. The summed E-state index contributed by atoms with van der Waals surface area (Å²) < 4.78 is 10.00. The van der Waals surface area contributed by atoms with Gasteiger partial charge in [-0.1, -0.05) is 24.3 Å². The molecule has 0 spiro atoms. The zero-order chi connectivity index (χ0) is 33.2. The minimum absolute atomic E-state index is 0.00662. The first-order valence-electron chi connectivity index (χ1n) is 13.1. The summed E-state index contributed by atoms with van der Waals surface area (Å²) in [5.74, 6) is -0.921. The Morgan fingerprint density at radius 1 is 0.644 bits per heavy atom. The predicted molar refractivity (Wildman–Crippen MR) is 168 cm³/mol. The number of methoxy groups -OCH3 is 2. The first-order valence-corrected chi connectivity index (χ1v) is 13.1. The molecule has 2 amide bonds. The third kappa shape index (κ3) is 12.6. The van der Waals surface area contributed by atoms with Crippen LogP contribution < -0.4 is 20.9 Å². The van der Waals surface area contributed by atoms with E-state index in [4.69, 9.17) is 20.9 Å². The molecule has 0 radical (unpaired) electrons. The fourth-order valence-corrected chi connectivity index (χ4v) is 3.30. The zero-order valence-electron chi connectivity index (χ0n) is 24.5. The van der Waals surface area contributed by atoms with E-state index in [9.17, 15) is 29.4 Å². The number of hydrogen-bond acceptors (Lipinski definition) is 10. The van der Waals surface area contributed by atoms with Crippen LogP contribution in [0.15, 0.2) is 97.6 Å². The van der Waals surface area contributed by atoms with Crippen LogP contribution in [0.3, 0.4) is 0 Å². The molecule has 0 fully saturated rings. The molecule has 0 bridgehead atoms. The first kappa shape index (κ1) is 34.9. The number of carbonyl (C=O) groups is 4. The van der Waals surface area contributed by atoms with Crippen LogP contribution in [-0.4, -0.2) is 57.8 Å². The van der Waals surface area contributed by atoms with Crippen molar-refractivity contribution in [1.29, 1.82) is 0 Å². The first-order chi connectivity index (χ1) is 21.5. The maximum atomic E-state index is 11.9. The van der Waals surface area contributed by atoms with Gasteiger partial charge in [0.25, 0.3) is 0 Å². The summed E-state index contributed by atoms with van der Waals surface area (Å²) in [5.41, 5.74) is 12.2. The van der Waals surface area contributed by atoms with Crippen LogP contribution in [0.5, 0.6) is 23.0 Å². The molecular formula is C33H32N4O8. The van der Waals surface area contributed by atoms with E-state index in [0.717, 1.165) is 0 Å². The predicted octanol–water partition coefficient (Wildman–Crippen LogP) is 3.73. The number of carbonyl (C=O) groups excluding carboxylic acids is 4. The standard InChI is InChI=1S/C21H20O6.2C6H6N2O/c1-26-20-11-14(5-9-18(20)24)3-7-16(22)13-17(23)8-4-15-6-10-19(25)21(12-15)27-2;2*7-6(9)5-1-3-8-4-2-5/h3-12,24-25H,13H2,1-2H3;2*1-4H,(H2,7,9). The van der Waals surface area contributed by atoms with Gasteiger partial charge in [0.1, 0.15) is 0 Å². The number of ketones is 2. The number of primary amides is 2. The lowest BCUT2D eigenvalue weighted by molar-refractivity contribution is -0.121. The van der Waals surface area contributed by atoms with Crippen LogP contribution >= 0.6 is 0 Å². The third-order valence-electron chi connectivity index (χ3n) is 5.61. The number of allylic oxidation sites excluding steroid dienone is 2. The smallest absolute Gasteiger partial charge is 0.248 e. The van der Waals surface area contributed by atoms with Crippen LogP contribution in [0.25, 0.3) is 12.2 Å². The van der Waals surface area contributed by atoms with Crippen molar-refractivity contribution in [2.24, 2.45) is 11.5 Å². The molecule has 2 aromatic carbocycles. The number of aromatic nitrogens is 2. The van der Waals surface area contributed by atoms with Crippen molar-refractivity contribution in [2.75, 3.05) is 14.2 Å². The molecule has 2 aromatic heterocycles. The fourth-order valence-electron chi connectivity index (χ4n) is 3.30. The van der Waals surface area contributed by atoms with Crippen molar-refractivity contribution in [3.63, 3.8) is 0 Å². The van der Waals surface area contributed by atoms with E-state index in [1.165, 1.54) is 63.3 Å². The van der Waals surface area contributed by atoms with Gasteiger partial charge >= 0.3 is 0 Å². The molecule has 4 aromatic rings. The topological polar surface area (TPSA) is 205 Å². The number of nitrogens with zero attached hydrogens (tertiary/aromatic N) is 2. The molecule has 0 atom stereocenters. The van der Waals surface area contributed by atoms with Crippen molar-refractivity contribution >= 4 is 35.5 Å². The molecule has 0 aliphatic carbocycles. The van der Waals surface area contributed by atoms with Crippen molar-refractivity contribution in [3.05, 3.63) is 120 Å². The quantitative estimate of drug-likeness (QED) is 0.151. The molecular weight excluding hydrogens is 580 g/mol. The Morgan fingerprint density at radius 2 is 1.00 bits per heavy atom. The van der Waals surface area contributed by atoms with Crippen molar-refractivity contribution in [1.82, 2.24) is 9.97 Å². The van der Waals surface area contributed by atoms with E-state index in [1.54, 1.807) is 60.7 Å². The molecule has 12 heteroatoms. The Morgan fingerprint density at radius 3 is 1.29 bits per heavy atom. The number of pyridine rings is 2. The van der Waals surface area contributed by atoms with Crippen LogP contribution in [0, 0.1) is 0 Å². The summed E-state index contributed by atoms with van der Waals surface area (Å²) in [6.07, 6.45) is 11.6. The largest absolute Gasteiger partial charge is 0.504 e. The number of hydrogen-bond donors (Lipinski definition) is 4. The third-order valence-corrected chi connectivity index (χ3v) is 5.61. The number of ether oxygens (including phenoxy) is 2. The second kappa shape index (κ2) is 18.3. The Hall–Kier alpha value is -6.30. The van der Waals surface area contributed by atoms with E-state index >= 15 is 0 Å². The van der Waals surface area contributed by atoms with Crippen LogP contribution in [0.4, 0.5) is 0 Å². The molecule has 0 aliphatic rings. The number of rotatable bonds is 10. The van der Waals surface area contributed by atoms with E-state index in [1.807, 2.05) is 0 Å². The van der Waals surface area contributed by atoms with E-state index in [2.05, 4.69) is 9.97 Å². The highest BCUT2D eigenvalue weighted by Gasteiger charge is 2.06. The van der Waals surface area contributed by atoms with Gasteiger partial charge in [0, 0.05) is 35.9 Å². The Bertz CT molecular complexity index is 1530. The summed E-state index contributed by atoms with van der Waals surface area (Å²) in [5, 5.41) is 19.1. The second-order valence-electron chi connectivity index (χ2n) is 8.84. The summed E-state index contributed by atoms with van der Waals surface area (Å²) in [6, 6.07) is 15.6.